The highest BCUT2D eigenvalue weighted by atomic mass is 16.8. The van der Waals surface area contributed by atoms with Crippen LogP contribution in [0.5, 0.6) is 0 Å². The third-order valence-corrected chi connectivity index (χ3v) is 20.5. The lowest BCUT2D eigenvalue weighted by molar-refractivity contribution is -0.370. The van der Waals surface area contributed by atoms with Gasteiger partial charge in [0.25, 0.3) is 0 Å². The number of unbranched alkanes of at least 4 members (excludes halogenated alkanes) is 2. The van der Waals surface area contributed by atoms with Crippen LogP contribution in [0.2, 0.25) is 0 Å². The normalized spacial score (nSPS) is 50.5. The number of aliphatic hydroxyl groups is 10. The van der Waals surface area contributed by atoms with Crippen molar-refractivity contribution >= 4 is 11.9 Å². The van der Waals surface area contributed by atoms with E-state index in [1.54, 1.807) is 0 Å². The summed E-state index contributed by atoms with van der Waals surface area (Å²) < 4.78 is 36.3. The molecule has 3 saturated heterocycles. The van der Waals surface area contributed by atoms with Crippen molar-refractivity contribution in [3.63, 3.8) is 0 Å². The predicted octanol–water partition coefficient (Wildman–Crippen LogP) is 0.393. The summed E-state index contributed by atoms with van der Waals surface area (Å²) in [6.07, 6.45) is -13.2. The van der Waals surface area contributed by atoms with Gasteiger partial charge in [-0.05, 0) is 124 Å². The molecule has 24 atom stereocenters. The lowest BCUT2D eigenvalue weighted by atomic mass is 9.33. The van der Waals surface area contributed by atoms with Crippen LogP contribution in [0, 0.1) is 50.2 Å². The average Bonchev–Trinajstić information content (AvgIpc) is 3.33. The van der Waals surface area contributed by atoms with Gasteiger partial charge in [0.2, 0.25) is 12.2 Å². The Kier molecular flexibility index (Phi) is 16.7. The fraction of sp³-hybridized carbons (Fsp3) is 0.925. The summed E-state index contributed by atoms with van der Waals surface area (Å²) in [5.74, 6) is -1.52. The maximum absolute atomic E-state index is 15.6. The predicted molar refractivity (Wildman–Crippen MR) is 259 cm³/mol. The van der Waals surface area contributed by atoms with Crippen LogP contribution < -0.4 is 11.1 Å². The Bertz CT molecular complexity index is 2000. The first-order valence-corrected chi connectivity index (χ1v) is 27.1. The average molecular weight is 1040 g/mol. The van der Waals surface area contributed by atoms with E-state index in [-0.39, 0.29) is 60.6 Å². The zero-order valence-corrected chi connectivity index (χ0v) is 43.9. The third kappa shape index (κ3) is 9.68. The van der Waals surface area contributed by atoms with E-state index in [1.807, 2.05) is 6.92 Å². The van der Waals surface area contributed by atoms with Crippen LogP contribution in [0.4, 0.5) is 0 Å². The van der Waals surface area contributed by atoms with Gasteiger partial charge in [0.05, 0.1) is 44.2 Å². The van der Waals surface area contributed by atoms with Gasteiger partial charge in [-0.2, -0.15) is 0 Å². The molecule has 8 aliphatic rings. The van der Waals surface area contributed by atoms with Gasteiger partial charge >= 0.3 is 5.97 Å². The number of aliphatic hydroxyl groups excluding tert-OH is 10. The van der Waals surface area contributed by atoms with E-state index in [9.17, 15) is 55.9 Å². The minimum atomic E-state index is -1.93. The maximum Gasteiger partial charge on any atom is 0.317 e. The molecule has 73 heavy (non-hydrogen) atoms. The lowest BCUT2D eigenvalue weighted by Gasteiger charge is -2.71. The Labute approximate surface area is 429 Å². The van der Waals surface area contributed by atoms with Crippen LogP contribution in [0.3, 0.4) is 0 Å². The Hall–Kier alpha value is -1.96. The standard InChI is InChI=1S/C53H88N2O18/c1-26-42(71-44-40(65)37(62)29(58)24-68-44)39(64)41(66)45(69-26)72-43-38(63)36(55-35(61)11-9-8-10-20-54)30(23-56)70-46(43)73-47(67)53-19-18-48(2,3)21-28(53)27-12-13-32-49(4)16-15-33(59)50(5,25-57)31(49)14-17-51(32,6)52(27,7)22-34(53)60/h12,26,28-34,36-46,56-60,62-66H,8-11,13-25,54H2,1-7H3,(H,55,61)/t26?,28?,29-,30?,31-,32?,33+,34?,36+,37?,38?,39?,40?,41?,42+,43?,44+,45+,46+,49?,50-,51+,52-,53-/m1/s1. The number of hydrogen-bond acceptors (Lipinski definition) is 19. The second-order valence-corrected chi connectivity index (χ2v) is 25.2. The number of hydrogen-bond donors (Lipinski definition) is 12. The summed E-state index contributed by atoms with van der Waals surface area (Å²) in [7, 11) is 0. The van der Waals surface area contributed by atoms with E-state index in [1.165, 1.54) is 6.92 Å². The molecule has 5 aliphatic carbocycles. The molecule has 0 bridgehead atoms. The molecule has 20 heteroatoms. The van der Waals surface area contributed by atoms with E-state index in [2.05, 4.69) is 46.0 Å². The highest BCUT2D eigenvalue weighted by molar-refractivity contribution is 5.80. The number of amides is 1. The Morgan fingerprint density at radius 2 is 1.45 bits per heavy atom. The number of rotatable bonds is 14. The lowest BCUT2D eigenvalue weighted by Crippen LogP contribution is -2.69. The molecule has 4 saturated carbocycles. The van der Waals surface area contributed by atoms with Gasteiger partial charge in [-0.3, -0.25) is 9.59 Å². The molecule has 13 N–H and O–H groups in total. The first-order chi connectivity index (χ1) is 34.3. The van der Waals surface area contributed by atoms with Gasteiger partial charge in [-0.25, -0.2) is 0 Å². The molecular weight excluding hydrogens is 953 g/mol. The van der Waals surface area contributed by atoms with Crippen molar-refractivity contribution in [2.75, 3.05) is 26.4 Å². The molecule has 3 aliphatic heterocycles. The first-order valence-electron chi connectivity index (χ1n) is 27.1. The monoisotopic (exact) mass is 1040 g/mol. The molecule has 12 unspecified atom stereocenters. The van der Waals surface area contributed by atoms with Gasteiger partial charge in [-0.15, -0.1) is 0 Å². The number of carbonyl (C=O) groups is 2. The smallest absolute Gasteiger partial charge is 0.317 e. The van der Waals surface area contributed by atoms with Crippen LogP contribution in [-0.2, 0) is 38.0 Å². The molecule has 3 heterocycles. The molecule has 20 nitrogen and oxygen atoms in total. The summed E-state index contributed by atoms with van der Waals surface area (Å²) in [6.45, 7) is 13.9. The molecule has 418 valence electrons. The van der Waals surface area contributed by atoms with Gasteiger partial charge in [0.15, 0.2) is 18.7 Å². The third-order valence-electron chi connectivity index (χ3n) is 20.5. The number of ether oxygens (including phenoxy) is 6. The van der Waals surface area contributed by atoms with E-state index in [0.717, 1.165) is 31.3 Å². The fourth-order valence-corrected chi connectivity index (χ4v) is 15.8. The minimum absolute atomic E-state index is 0.0634. The van der Waals surface area contributed by atoms with Crippen LogP contribution in [0.25, 0.3) is 0 Å². The van der Waals surface area contributed by atoms with Crippen LogP contribution in [-0.4, -0.2) is 187 Å². The quantitative estimate of drug-likeness (QED) is 0.0636. The van der Waals surface area contributed by atoms with Crippen molar-refractivity contribution in [3.05, 3.63) is 11.6 Å². The van der Waals surface area contributed by atoms with E-state index in [4.69, 9.17) is 34.2 Å². The second-order valence-electron chi connectivity index (χ2n) is 25.2. The number of nitrogens with two attached hydrogens (primary N) is 1. The minimum Gasteiger partial charge on any atom is -0.432 e. The van der Waals surface area contributed by atoms with E-state index in [0.29, 0.717) is 45.1 Å². The fourth-order valence-electron chi connectivity index (χ4n) is 15.8. The largest absolute Gasteiger partial charge is 0.432 e. The van der Waals surface area contributed by atoms with Gasteiger partial charge in [0.1, 0.15) is 54.2 Å². The Balaban J connectivity index is 1.09. The molecule has 1 amide bonds. The zero-order chi connectivity index (χ0) is 53.4. The van der Waals surface area contributed by atoms with Crippen molar-refractivity contribution in [1.82, 2.24) is 5.32 Å². The van der Waals surface area contributed by atoms with Crippen molar-refractivity contribution < 1.29 is 89.1 Å². The SMILES string of the molecule is CC1O[C@@H](OC2C(O)[C@@H](NC(=O)CCCCCN)C(CO)O[C@H]2OC(=O)[C@]23CCC(C)(C)CC2C2=CCC4C5(C)CC[C@H](O)[C@](C)(CO)[C@@H]5CC[C@]4(C)[C@]2(C)CC3O)C(O)C(O)[C@H]1O[C@@H]1OC[C@@H](O)C(O)C1O. The first kappa shape index (κ1) is 57.2. The summed E-state index contributed by atoms with van der Waals surface area (Å²) in [5, 5.41) is 115. The summed E-state index contributed by atoms with van der Waals surface area (Å²) in [5.41, 5.74) is 3.25. The number of fused-ring (bicyclic) bond motifs is 7. The molecular formula is C53H88N2O18. The topological polar surface area (TPSA) is 330 Å². The molecule has 7 fully saturated rings. The van der Waals surface area contributed by atoms with Crippen molar-refractivity contribution in [2.24, 2.45) is 56.0 Å². The highest BCUT2D eigenvalue weighted by Gasteiger charge is 2.72. The maximum atomic E-state index is 15.6. The molecule has 0 aromatic rings. The van der Waals surface area contributed by atoms with Gasteiger partial charge < -0.3 is 90.5 Å². The van der Waals surface area contributed by atoms with Crippen molar-refractivity contribution in [2.45, 2.75) is 230 Å². The molecule has 0 aromatic carbocycles. The van der Waals surface area contributed by atoms with E-state index < -0.39 is 139 Å². The van der Waals surface area contributed by atoms with E-state index >= 15 is 4.79 Å². The highest BCUT2D eigenvalue weighted by Crippen LogP contribution is 2.76. The Morgan fingerprint density at radius 3 is 2.14 bits per heavy atom. The summed E-state index contributed by atoms with van der Waals surface area (Å²) >= 11 is 0. The van der Waals surface area contributed by atoms with Crippen LogP contribution in [0.1, 0.15) is 132 Å². The molecule has 0 aromatic heterocycles. The van der Waals surface area contributed by atoms with Crippen LogP contribution in [0.15, 0.2) is 11.6 Å². The number of allylic oxidation sites excluding steroid dienone is 2. The Morgan fingerprint density at radius 1 is 0.753 bits per heavy atom. The zero-order valence-electron chi connectivity index (χ0n) is 43.9. The number of nitrogens with one attached hydrogen (secondary N) is 1. The second kappa shape index (κ2) is 21.4. The molecule has 8 rings (SSSR count). The summed E-state index contributed by atoms with van der Waals surface area (Å²) in [4.78, 5) is 28.9. The molecule has 0 spiro atoms. The van der Waals surface area contributed by atoms with Crippen molar-refractivity contribution in [3.8, 4) is 0 Å². The van der Waals surface area contributed by atoms with Crippen molar-refractivity contribution in [1.29, 1.82) is 0 Å². The van der Waals surface area contributed by atoms with Gasteiger partial charge in [-0.1, -0.05) is 59.6 Å². The number of carbonyl (C=O) groups excluding carboxylic acids is 2. The molecule has 0 radical (unpaired) electrons. The summed E-state index contributed by atoms with van der Waals surface area (Å²) in [6, 6.07) is -1.33. The van der Waals surface area contributed by atoms with Gasteiger partial charge in [0, 0.05) is 11.8 Å². The van der Waals surface area contributed by atoms with Crippen LogP contribution >= 0.6 is 0 Å². The number of esters is 1.